The minimum absolute atomic E-state index is 0.787. The Bertz CT molecular complexity index is 459. The highest BCUT2D eigenvalue weighted by molar-refractivity contribution is 7.97. The van der Waals surface area contributed by atoms with E-state index >= 15 is 0 Å². The summed E-state index contributed by atoms with van der Waals surface area (Å²) in [5, 5.41) is 3.41. The largest absolute Gasteiger partial charge is 0.380 e. The standard InChI is InChI=1S/C13H15N3S/c1-14-17-13-7-3-2-6-12(13)16-10-11-5-4-8-15-9-11/h2-9,14,16H,10H2,1H3. The van der Waals surface area contributed by atoms with Crippen molar-refractivity contribution in [2.24, 2.45) is 0 Å². The van der Waals surface area contributed by atoms with E-state index in [4.69, 9.17) is 0 Å². The van der Waals surface area contributed by atoms with Crippen LogP contribution in [-0.4, -0.2) is 12.0 Å². The third-order valence-electron chi connectivity index (χ3n) is 2.30. The van der Waals surface area contributed by atoms with Crippen LogP contribution in [0.4, 0.5) is 5.69 Å². The van der Waals surface area contributed by atoms with E-state index in [1.165, 1.54) is 10.5 Å². The minimum atomic E-state index is 0.787. The molecule has 0 spiro atoms. The molecule has 3 nitrogen and oxygen atoms in total. The van der Waals surface area contributed by atoms with Crippen LogP contribution < -0.4 is 10.0 Å². The lowest BCUT2D eigenvalue weighted by Crippen LogP contribution is -2.02. The highest BCUT2D eigenvalue weighted by Gasteiger charge is 2.00. The van der Waals surface area contributed by atoms with Gasteiger partial charge in [0.1, 0.15) is 0 Å². The van der Waals surface area contributed by atoms with Gasteiger partial charge in [0, 0.05) is 29.5 Å². The van der Waals surface area contributed by atoms with E-state index in [2.05, 4.69) is 33.2 Å². The molecule has 88 valence electrons. The van der Waals surface area contributed by atoms with Gasteiger partial charge in [-0.15, -0.1) is 0 Å². The lowest BCUT2D eigenvalue weighted by molar-refractivity contribution is 1.10. The molecule has 0 fully saturated rings. The Hall–Kier alpha value is -1.52. The van der Waals surface area contributed by atoms with Crippen LogP contribution >= 0.6 is 11.9 Å². The summed E-state index contributed by atoms with van der Waals surface area (Å²) in [6.45, 7) is 0.787. The highest BCUT2D eigenvalue weighted by Crippen LogP contribution is 2.24. The second kappa shape index (κ2) is 6.27. The van der Waals surface area contributed by atoms with E-state index in [9.17, 15) is 0 Å². The molecule has 1 aromatic carbocycles. The van der Waals surface area contributed by atoms with Crippen molar-refractivity contribution in [1.29, 1.82) is 0 Å². The fourth-order valence-electron chi connectivity index (χ4n) is 1.51. The van der Waals surface area contributed by atoms with Gasteiger partial charge in [0.25, 0.3) is 0 Å². The molecule has 1 aromatic heterocycles. The van der Waals surface area contributed by atoms with Crippen molar-refractivity contribution in [3.8, 4) is 0 Å². The number of benzene rings is 1. The Balaban J connectivity index is 2.03. The lowest BCUT2D eigenvalue weighted by Gasteiger charge is -2.10. The van der Waals surface area contributed by atoms with Crippen molar-refractivity contribution >= 4 is 17.6 Å². The number of hydrogen-bond donors (Lipinski definition) is 2. The fourth-order valence-corrected chi connectivity index (χ4v) is 2.13. The van der Waals surface area contributed by atoms with Crippen LogP contribution in [0.5, 0.6) is 0 Å². The third-order valence-corrected chi connectivity index (χ3v) is 3.08. The van der Waals surface area contributed by atoms with Crippen LogP contribution in [0.1, 0.15) is 5.56 Å². The van der Waals surface area contributed by atoms with Crippen LogP contribution in [0.15, 0.2) is 53.7 Å². The normalized spacial score (nSPS) is 10.2. The maximum atomic E-state index is 4.10. The molecule has 0 saturated carbocycles. The fraction of sp³-hybridized carbons (Fsp3) is 0.154. The molecule has 0 aliphatic rings. The topological polar surface area (TPSA) is 37.0 Å². The van der Waals surface area contributed by atoms with E-state index in [0.717, 1.165) is 12.2 Å². The molecular weight excluding hydrogens is 230 g/mol. The van der Waals surface area contributed by atoms with Crippen molar-refractivity contribution in [2.75, 3.05) is 12.4 Å². The monoisotopic (exact) mass is 245 g/mol. The summed E-state index contributed by atoms with van der Waals surface area (Å²) in [4.78, 5) is 5.29. The van der Waals surface area contributed by atoms with E-state index in [-0.39, 0.29) is 0 Å². The molecular formula is C13H15N3S. The second-order valence-electron chi connectivity index (χ2n) is 3.52. The van der Waals surface area contributed by atoms with Gasteiger partial charge in [-0.3, -0.25) is 9.71 Å². The predicted octanol–water partition coefficient (Wildman–Crippen LogP) is 2.92. The van der Waals surface area contributed by atoms with Gasteiger partial charge in [-0.1, -0.05) is 18.2 Å². The number of aromatic nitrogens is 1. The number of nitrogens with one attached hydrogen (secondary N) is 2. The minimum Gasteiger partial charge on any atom is -0.380 e. The van der Waals surface area contributed by atoms with Crippen LogP contribution in [0, 0.1) is 0 Å². The van der Waals surface area contributed by atoms with Crippen molar-refractivity contribution in [1.82, 2.24) is 9.71 Å². The molecule has 1 heterocycles. The number of rotatable bonds is 5. The van der Waals surface area contributed by atoms with E-state index in [1.54, 1.807) is 18.1 Å². The van der Waals surface area contributed by atoms with Crippen LogP contribution in [0.2, 0.25) is 0 Å². The highest BCUT2D eigenvalue weighted by atomic mass is 32.2. The molecule has 0 atom stereocenters. The average Bonchev–Trinajstić information content (AvgIpc) is 2.39. The lowest BCUT2D eigenvalue weighted by atomic mass is 10.2. The maximum absolute atomic E-state index is 4.10. The second-order valence-corrected chi connectivity index (χ2v) is 4.57. The van der Waals surface area contributed by atoms with Gasteiger partial charge in [0.2, 0.25) is 0 Å². The van der Waals surface area contributed by atoms with Gasteiger partial charge in [-0.05, 0) is 42.8 Å². The zero-order chi connectivity index (χ0) is 11.9. The van der Waals surface area contributed by atoms with Gasteiger partial charge in [-0.25, -0.2) is 0 Å². The van der Waals surface area contributed by atoms with Gasteiger partial charge in [-0.2, -0.15) is 0 Å². The summed E-state index contributed by atoms with van der Waals surface area (Å²) in [5.74, 6) is 0. The zero-order valence-electron chi connectivity index (χ0n) is 9.68. The number of pyridine rings is 1. The number of hydrogen-bond acceptors (Lipinski definition) is 4. The summed E-state index contributed by atoms with van der Waals surface area (Å²) < 4.78 is 3.09. The van der Waals surface area contributed by atoms with Gasteiger partial charge < -0.3 is 5.32 Å². The number of anilines is 1. The molecule has 2 rings (SSSR count). The first-order valence-electron chi connectivity index (χ1n) is 5.45. The smallest absolute Gasteiger partial charge is 0.0494 e. The average molecular weight is 245 g/mol. The molecule has 4 heteroatoms. The summed E-state index contributed by atoms with van der Waals surface area (Å²) in [6, 6.07) is 12.3. The maximum Gasteiger partial charge on any atom is 0.0494 e. The molecule has 0 amide bonds. The van der Waals surface area contributed by atoms with E-state index < -0.39 is 0 Å². The molecule has 17 heavy (non-hydrogen) atoms. The molecule has 0 unspecified atom stereocenters. The SMILES string of the molecule is CNSc1ccccc1NCc1cccnc1. The number of nitrogens with zero attached hydrogens (tertiary/aromatic N) is 1. The Kier molecular flexibility index (Phi) is 4.41. The quantitative estimate of drug-likeness (QED) is 0.794. The Morgan fingerprint density at radius 2 is 2.06 bits per heavy atom. The van der Waals surface area contributed by atoms with Crippen molar-refractivity contribution in [2.45, 2.75) is 11.4 Å². The molecule has 0 aliphatic heterocycles. The van der Waals surface area contributed by atoms with Gasteiger partial charge in [0.05, 0.1) is 0 Å². The van der Waals surface area contributed by atoms with Gasteiger partial charge in [0.15, 0.2) is 0 Å². The van der Waals surface area contributed by atoms with Gasteiger partial charge >= 0.3 is 0 Å². The van der Waals surface area contributed by atoms with Crippen LogP contribution in [0.3, 0.4) is 0 Å². The Morgan fingerprint density at radius 1 is 1.18 bits per heavy atom. The van der Waals surface area contributed by atoms with Crippen molar-refractivity contribution in [3.63, 3.8) is 0 Å². The summed E-state index contributed by atoms with van der Waals surface area (Å²) >= 11 is 1.61. The number of para-hydroxylation sites is 1. The van der Waals surface area contributed by atoms with E-state index in [1.807, 2.05) is 31.4 Å². The first-order valence-corrected chi connectivity index (χ1v) is 6.27. The molecule has 2 N–H and O–H groups in total. The molecule has 0 radical (unpaired) electrons. The first-order chi connectivity index (χ1) is 8.40. The van der Waals surface area contributed by atoms with Crippen LogP contribution in [0.25, 0.3) is 0 Å². The van der Waals surface area contributed by atoms with Crippen LogP contribution in [-0.2, 0) is 6.54 Å². The van der Waals surface area contributed by atoms with Crippen molar-refractivity contribution < 1.29 is 0 Å². The zero-order valence-corrected chi connectivity index (χ0v) is 10.5. The summed E-state index contributed by atoms with van der Waals surface area (Å²) in [6.07, 6.45) is 3.66. The van der Waals surface area contributed by atoms with Crippen molar-refractivity contribution in [3.05, 3.63) is 54.4 Å². The molecule has 0 saturated heterocycles. The molecule has 0 aliphatic carbocycles. The van der Waals surface area contributed by atoms with E-state index in [0.29, 0.717) is 0 Å². The predicted molar refractivity (Wildman–Crippen MR) is 72.9 cm³/mol. The first kappa shape index (κ1) is 12.0. The Morgan fingerprint density at radius 3 is 2.82 bits per heavy atom. The Labute approximate surface area is 106 Å². The third kappa shape index (κ3) is 3.47. The summed E-state index contributed by atoms with van der Waals surface area (Å²) in [5.41, 5.74) is 2.31. The molecule has 0 bridgehead atoms. The summed E-state index contributed by atoms with van der Waals surface area (Å²) in [7, 11) is 1.92. The molecule has 2 aromatic rings.